The molecule has 0 radical (unpaired) electrons. The first kappa shape index (κ1) is 20.7. The Morgan fingerprint density at radius 2 is 1.86 bits per heavy atom. The number of nitrogens with one attached hydrogen (secondary N) is 1. The van der Waals surface area contributed by atoms with Crippen LogP contribution in [0.1, 0.15) is 31.4 Å². The molecule has 1 N–H and O–H groups in total. The minimum atomic E-state index is -0.564. The van der Waals surface area contributed by atoms with Crippen molar-refractivity contribution in [1.29, 1.82) is 0 Å². The molecule has 2 aromatic rings. The Balaban J connectivity index is 1.63. The molecule has 1 aliphatic heterocycles. The van der Waals surface area contributed by atoms with Crippen molar-refractivity contribution in [2.45, 2.75) is 31.9 Å². The summed E-state index contributed by atoms with van der Waals surface area (Å²) in [6.45, 7) is 4.40. The molecule has 28 heavy (non-hydrogen) atoms. The van der Waals surface area contributed by atoms with Crippen molar-refractivity contribution in [3.05, 3.63) is 58.6 Å². The van der Waals surface area contributed by atoms with Gasteiger partial charge in [0, 0.05) is 11.0 Å². The van der Waals surface area contributed by atoms with E-state index in [1.54, 1.807) is 14.0 Å². The first-order valence-corrected chi connectivity index (χ1v) is 10.4. The number of halogens is 1. The van der Waals surface area contributed by atoms with E-state index in [0.29, 0.717) is 12.3 Å². The fourth-order valence-electron chi connectivity index (χ4n) is 3.47. The van der Waals surface area contributed by atoms with Crippen molar-refractivity contribution in [3.63, 3.8) is 0 Å². The van der Waals surface area contributed by atoms with Gasteiger partial charge < -0.3 is 14.8 Å². The monoisotopic (exact) mass is 446 g/mol. The Labute approximate surface area is 175 Å². The smallest absolute Gasteiger partial charge is 0.260 e. The predicted molar refractivity (Wildman–Crippen MR) is 114 cm³/mol. The van der Waals surface area contributed by atoms with Crippen LogP contribution in [0.3, 0.4) is 0 Å². The summed E-state index contributed by atoms with van der Waals surface area (Å²) in [5.41, 5.74) is 1.16. The molecule has 1 aliphatic rings. The molecule has 3 rings (SSSR count). The molecule has 1 amide bonds. The maximum absolute atomic E-state index is 12.6. The first-order valence-electron chi connectivity index (χ1n) is 9.65. The van der Waals surface area contributed by atoms with Gasteiger partial charge in [-0.3, -0.25) is 9.69 Å². The molecule has 0 saturated carbocycles. The third kappa shape index (κ3) is 5.49. The lowest BCUT2D eigenvalue weighted by atomic mass is 10.0. The van der Waals surface area contributed by atoms with Gasteiger partial charge in [-0.05, 0) is 74.8 Å². The van der Waals surface area contributed by atoms with E-state index in [-0.39, 0.29) is 11.9 Å². The standard InChI is InChI=1S/C22H27BrN2O3/c1-16(28-19-10-8-18(23)9-11-19)22(26)24-15-21(25-12-3-4-13-25)17-6-5-7-20(14-17)27-2/h5-11,14,16,21H,3-4,12-13,15H2,1-2H3,(H,24,26). The number of hydrogen-bond acceptors (Lipinski definition) is 4. The zero-order valence-corrected chi connectivity index (χ0v) is 17.9. The third-order valence-electron chi connectivity index (χ3n) is 5.03. The summed E-state index contributed by atoms with van der Waals surface area (Å²) in [6, 6.07) is 15.7. The van der Waals surface area contributed by atoms with Crippen molar-refractivity contribution in [3.8, 4) is 11.5 Å². The molecule has 2 unspecified atom stereocenters. The summed E-state index contributed by atoms with van der Waals surface area (Å²) in [5.74, 6) is 1.39. The van der Waals surface area contributed by atoms with Gasteiger partial charge in [0.15, 0.2) is 6.10 Å². The van der Waals surface area contributed by atoms with Crippen LogP contribution >= 0.6 is 15.9 Å². The lowest BCUT2D eigenvalue weighted by molar-refractivity contribution is -0.127. The highest BCUT2D eigenvalue weighted by molar-refractivity contribution is 9.10. The summed E-state index contributed by atoms with van der Waals surface area (Å²) in [7, 11) is 1.67. The molecule has 1 saturated heterocycles. The van der Waals surface area contributed by atoms with Crippen molar-refractivity contribution in [2.75, 3.05) is 26.7 Å². The van der Waals surface area contributed by atoms with Crippen LogP contribution in [-0.4, -0.2) is 43.7 Å². The van der Waals surface area contributed by atoms with E-state index in [4.69, 9.17) is 9.47 Å². The zero-order valence-electron chi connectivity index (χ0n) is 16.4. The van der Waals surface area contributed by atoms with Crippen LogP contribution in [0.2, 0.25) is 0 Å². The molecule has 150 valence electrons. The number of nitrogens with zero attached hydrogens (tertiary/aromatic N) is 1. The minimum Gasteiger partial charge on any atom is -0.497 e. The quantitative estimate of drug-likeness (QED) is 0.660. The second-order valence-corrected chi connectivity index (χ2v) is 7.91. The van der Waals surface area contributed by atoms with Gasteiger partial charge in [0.25, 0.3) is 5.91 Å². The second kappa shape index (κ2) is 9.94. The van der Waals surface area contributed by atoms with Gasteiger partial charge in [0.2, 0.25) is 0 Å². The summed E-state index contributed by atoms with van der Waals surface area (Å²) < 4.78 is 12.1. The van der Waals surface area contributed by atoms with Gasteiger partial charge in [0.1, 0.15) is 11.5 Å². The van der Waals surface area contributed by atoms with Crippen LogP contribution in [0, 0.1) is 0 Å². The number of benzene rings is 2. The number of carbonyl (C=O) groups is 1. The van der Waals surface area contributed by atoms with E-state index in [1.807, 2.05) is 36.4 Å². The Morgan fingerprint density at radius 1 is 1.14 bits per heavy atom. The van der Waals surface area contributed by atoms with E-state index in [1.165, 1.54) is 12.8 Å². The molecular weight excluding hydrogens is 420 g/mol. The molecular formula is C22H27BrN2O3. The van der Waals surface area contributed by atoms with Gasteiger partial charge in [-0.1, -0.05) is 28.1 Å². The second-order valence-electron chi connectivity index (χ2n) is 6.99. The van der Waals surface area contributed by atoms with Crippen molar-refractivity contribution in [2.24, 2.45) is 0 Å². The summed E-state index contributed by atoms with van der Waals surface area (Å²) >= 11 is 3.40. The summed E-state index contributed by atoms with van der Waals surface area (Å²) in [5, 5.41) is 3.07. The predicted octanol–water partition coefficient (Wildman–Crippen LogP) is 4.18. The zero-order chi connectivity index (χ0) is 19.9. The first-order chi connectivity index (χ1) is 13.6. The molecule has 0 aliphatic carbocycles. The van der Waals surface area contributed by atoms with E-state index < -0.39 is 6.10 Å². The van der Waals surface area contributed by atoms with Gasteiger partial charge in [-0.2, -0.15) is 0 Å². The van der Waals surface area contributed by atoms with Gasteiger partial charge in [-0.25, -0.2) is 0 Å². The Morgan fingerprint density at radius 3 is 2.54 bits per heavy atom. The largest absolute Gasteiger partial charge is 0.497 e. The molecule has 6 heteroatoms. The van der Waals surface area contributed by atoms with E-state index in [9.17, 15) is 4.79 Å². The number of likely N-dealkylation sites (tertiary alicyclic amines) is 1. The lowest BCUT2D eigenvalue weighted by Gasteiger charge is -2.29. The molecule has 0 aromatic heterocycles. The highest BCUT2D eigenvalue weighted by Gasteiger charge is 2.25. The number of methoxy groups -OCH3 is 1. The number of ether oxygens (including phenoxy) is 2. The number of carbonyl (C=O) groups excluding carboxylic acids is 1. The Bertz CT molecular complexity index is 776. The molecule has 2 aromatic carbocycles. The van der Waals surface area contributed by atoms with Crippen LogP contribution in [0.4, 0.5) is 0 Å². The highest BCUT2D eigenvalue weighted by atomic mass is 79.9. The number of hydrogen-bond donors (Lipinski definition) is 1. The fourth-order valence-corrected chi connectivity index (χ4v) is 3.74. The van der Waals surface area contributed by atoms with Gasteiger partial charge in [0.05, 0.1) is 13.2 Å². The Kier molecular flexibility index (Phi) is 7.34. The van der Waals surface area contributed by atoms with Crippen LogP contribution < -0.4 is 14.8 Å². The average molecular weight is 447 g/mol. The van der Waals surface area contributed by atoms with Gasteiger partial charge >= 0.3 is 0 Å². The van der Waals surface area contributed by atoms with Crippen molar-refractivity contribution < 1.29 is 14.3 Å². The highest BCUT2D eigenvalue weighted by Crippen LogP contribution is 2.27. The maximum Gasteiger partial charge on any atom is 0.260 e. The summed E-state index contributed by atoms with van der Waals surface area (Å²) in [4.78, 5) is 15.0. The lowest BCUT2D eigenvalue weighted by Crippen LogP contribution is -2.42. The molecule has 0 spiro atoms. The molecule has 0 bridgehead atoms. The van der Waals surface area contributed by atoms with Crippen molar-refractivity contribution in [1.82, 2.24) is 10.2 Å². The molecule has 2 atom stereocenters. The molecule has 1 fully saturated rings. The van der Waals surface area contributed by atoms with Gasteiger partial charge in [-0.15, -0.1) is 0 Å². The van der Waals surface area contributed by atoms with Crippen LogP contribution in [0.15, 0.2) is 53.0 Å². The summed E-state index contributed by atoms with van der Waals surface area (Å²) in [6.07, 6.45) is 1.82. The average Bonchev–Trinajstić information content (AvgIpc) is 3.24. The fraction of sp³-hybridized carbons (Fsp3) is 0.409. The normalized spacial score (nSPS) is 16.4. The van der Waals surface area contributed by atoms with Crippen molar-refractivity contribution >= 4 is 21.8 Å². The number of rotatable bonds is 8. The minimum absolute atomic E-state index is 0.116. The SMILES string of the molecule is COc1cccc(C(CNC(=O)C(C)Oc2ccc(Br)cc2)N2CCCC2)c1. The van der Waals surface area contributed by atoms with Crippen LogP contribution in [0.5, 0.6) is 11.5 Å². The van der Waals surface area contributed by atoms with E-state index in [2.05, 4.69) is 38.3 Å². The molecule has 5 nitrogen and oxygen atoms in total. The maximum atomic E-state index is 12.6. The Hall–Kier alpha value is -2.05. The van der Waals surface area contributed by atoms with E-state index >= 15 is 0 Å². The van der Waals surface area contributed by atoms with E-state index in [0.717, 1.165) is 28.9 Å². The third-order valence-corrected chi connectivity index (χ3v) is 5.55. The van der Waals surface area contributed by atoms with Crippen LogP contribution in [-0.2, 0) is 4.79 Å². The van der Waals surface area contributed by atoms with Crippen LogP contribution in [0.25, 0.3) is 0 Å². The molecule has 1 heterocycles. The topological polar surface area (TPSA) is 50.8 Å². The number of amides is 1.